The number of benzene rings is 1. The first-order valence-corrected chi connectivity index (χ1v) is 8.04. The van der Waals surface area contributed by atoms with E-state index in [2.05, 4.69) is 28.3 Å². The Labute approximate surface area is 141 Å². The molecule has 1 aromatic heterocycles. The Kier molecular flexibility index (Phi) is 4.71. The van der Waals surface area contributed by atoms with Crippen LogP contribution < -0.4 is 5.32 Å². The average molecular weight is 321 g/mol. The van der Waals surface area contributed by atoms with Gasteiger partial charge >= 0.3 is 0 Å². The molecule has 1 aliphatic heterocycles. The number of nitrogens with zero attached hydrogens (tertiary/aromatic N) is 4. The van der Waals surface area contributed by atoms with E-state index in [0.29, 0.717) is 23.0 Å². The van der Waals surface area contributed by atoms with E-state index in [9.17, 15) is 4.79 Å². The number of carbonyl (C=O) groups is 1. The molecule has 2 heterocycles. The zero-order valence-electron chi connectivity index (χ0n) is 13.6. The number of nitrogens with one attached hydrogen (secondary N) is 1. The fourth-order valence-corrected chi connectivity index (χ4v) is 2.81. The van der Waals surface area contributed by atoms with Crippen LogP contribution in [0.5, 0.6) is 0 Å². The van der Waals surface area contributed by atoms with Crippen molar-refractivity contribution in [1.82, 2.24) is 14.9 Å². The summed E-state index contributed by atoms with van der Waals surface area (Å²) < 4.78 is 0. The lowest BCUT2D eigenvalue weighted by atomic mass is 10.0. The molecule has 1 amide bonds. The van der Waals surface area contributed by atoms with E-state index < -0.39 is 0 Å². The van der Waals surface area contributed by atoms with E-state index in [-0.39, 0.29) is 5.91 Å². The topological polar surface area (TPSA) is 81.9 Å². The Bertz CT molecular complexity index is 748. The van der Waals surface area contributed by atoms with Crippen LogP contribution in [0.1, 0.15) is 35.8 Å². The maximum Gasteiger partial charge on any atom is 0.274 e. The number of hydrogen-bond acceptors (Lipinski definition) is 5. The number of hydrogen-bond donors (Lipinski definition) is 1. The van der Waals surface area contributed by atoms with E-state index in [4.69, 9.17) is 5.26 Å². The maximum absolute atomic E-state index is 12.5. The van der Waals surface area contributed by atoms with Gasteiger partial charge in [0.15, 0.2) is 0 Å². The molecule has 1 saturated heterocycles. The predicted molar refractivity (Wildman–Crippen MR) is 90.8 cm³/mol. The largest absolute Gasteiger partial charge is 0.339 e. The summed E-state index contributed by atoms with van der Waals surface area (Å²) >= 11 is 0. The van der Waals surface area contributed by atoms with E-state index in [0.717, 1.165) is 25.2 Å². The van der Waals surface area contributed by atoms with E-state index in [1.807, 2.05) is 4.90 Å². The predicted octanol–water partition coefficient (Wildman–Crippen LogP) is 2.96. The van der Waals surface area contributed by atoms with Crippen LogP contribution in [0, 0.1) is 17.2 Å². The molecule has 3 rings (SSSR count). The molecule has 1 aliphatic rings. The lowest BCUT2D eigenvalue weighted by Gasteiger charge is -2.30. The van der Waals surface area contributed by atoms with Crippen LogP contribution in [0.4, 0.5) is 11.5 Å². The van der Waals surface area contributed by atoms with Gasteiger partial charge < -0.3 is 10.2 Å². The molecule has 2 aromatic rings. The number of amides is 1. The Hall–Kier alpha value is -2.94. The fraction of sp³-hybridized carbons (Fsp3) is 0.333. The van der Waals surface area contributed by atoms with Gasteiger partial charge in [-0.2, -0.15) is 5.26 Å². The van der Waals surface area contributed by atoms with Gasteiger partial charge in [0.05, 0.1) is 24.0 Å². The molecular formula is C18H19N5O. The summed E-state index contributed by atoms with van der Waals surface area (Å²) in [5.41, 5.74) is 1.78. The standard InChI is InChI=1S/C18H19N5O/c1-13-3-2-8-23(12-13)18(24)16-10-21-17(11-20-16)22-15-6-4-14(9-19)5-7-15/h4-7,10-11,13H,2-3,8,12H2,1H3,(H,21,22). The van der Waals surface area contributed by atoms with Gasteiger partial charge in [0.2, 0.25) is 0 Å². The molecule has 1 unspecified atom stereocenters. The van der Waals surface area contributed by atoms with Crippen molar-refractivity contribution in [3.63, 3.8) is 0 Å². The number of likely N-dealkylation sites (tertiary alicyclic amines) is 1. The first kappa shape index (κ1) is 15.9. The molecule has 122 valence electrons. The Morgan fingerprint density at radius 1 is 1.29 bits per heavy atom. The third-order valence-electron chi connectivity index (χ3n) is 4.10. The van der Waals surface area contributed by atoms with Gasteiger partial charge in [-0.15, -0.1) is 0 Å². The van der Waals surface area contributed by atoms with E-state index in [1.165, 1.54) is 12.6 Å². The zero-order chi connectivity index (χ0) is 16.9. The van der Waals surface area contributed by atoms with Gasteiger partial charge in [-0.3, -0.25) is 4.79 Å². The lowest BCUT2D eigenvalue weighted by molar-refractivity contribution is 0.0676. The molecule has 0 radical (unpaired) electrons. The molecule has 6 nitrogen and oxygen atoms in total. The van der Waals surface area contributed by atoms with Crippen LogP contribution in [0.2, 0.25) is 0 Å². The molecule has 0 bridgehead atoms. The summed E-state index contributed by atoms with van der Waals surface area (Å²) in [5, 5.41) is 11.9. The highest BCUT2D eigenvalue weighted by atomic mass is 16.2. The van der Waals surface area contributed by atoms with Gasteiger partial charge in [-0.25, -0.2) is 9.97 Å². The van der Waals surface area contributed by atoms with Gasteiger partial charge in [-0.1, -0.05) is 6.92 Å². The highest BCUT2D eigenvalue weighted by molar-refractivity contribution is 5.92. The van der Waals surface area contributed by atoms with Gasteiger partial charge in [0.25, 0.3) is 5.91 Å². The molecule has 0 spiro atoms. The van der Waals surface area contributed by atoms with Gasteiger partial charge in [0, 0.05) is 18.8 Å². The van der Waals surface area contributed by atoms with Crippen LogP contribution in [-0.2, 0) is 0 Å². The molecule has 0 saturated carbocycles. The van der Waals surface area contributed by atoms with Crippen molar-refractivity contribution >= 4 is 17.4 Å². The van der Waals surface area contributed by atoms with Crippen LogP contribution in [0.15, 0.2) is 36.7 Å². The molecular weight excluding hydrogens is 302 g/mol. The SMILES string of the molecule is CC1CCCN(C(=O)c2cnc(Nc3ccc(C#N)cc3)cn2)C1. The minimum Gasteiger partial charge on any atom is -0.339 e. The lowest BCUT2D eigenvalue weighted by Crippen LogP contribution is -2.39. The maximum atomic E-state index is 12.5. The molecule has 1 N–H and O–H groups in total. The third-order valence-corrected chi connectivity index (χ3v) is 4.10. The van der Waals surface area contributed by atoms with Crippen molar-refractivity contribution in [2.24, 2.45) is 5.92 Å². The Morgan fingerprint density at radius 2 is 2.08 bits per heavy atom. The molecule has 24 heavy (non-hydrogen) atoms. The van der Waals surface area contributed by atoms with Crippen LogP contribution >= 0.6 is 0 Å². The summed E-state index contributed by atoms with van der Waals surface area (Å²) in [6, 6.07) is 9.13. The number of nitriles is 1. The second-order valence-corrected chi connectivity index (χ2v) is 6.10. The monoisotopic (exact) mass is 321 g/mol. The fourth-order valence-electron chi connectivity index (χ4n) is 2.81. The highest BCUT2D eigenvalue weighted by Gasteiger charge is 2.23. The molecule has 1 aromatic carbocycles. The summed E-state index contributed by atoms with van der Waals surface area (Å²) in [6.07, 6.45) is 5.27. The van der Waals surface area contributed by atoms with E-state index in [1.54, 1.807) is 30.5 Å². The number of anilines is 2. The van der Waals surface area contributed by atoms with Crippen molar-refractivity contribution in [3.05, 3.63) is 47.9 Å². The second-order valence-electron chi connectivity index (χ2n) is 6.10. The summed E-state index contributed by atoms with van der Waals surface area (Å²) in [7, 11) is 0. The van der Waals surface area contributed by atoms with Crippen LogP contribution in [0.25, 0.3) is 0 Å². The molecule has 6 heteroatoms. The molecule has 1 fully saturated rings. The summed E-state index contributed by atoms with van der Waals surface area (Å²) in [5.74, 6) is 1.04. The van der Waals surface area contributed by atoms with Crippen molar-refractivity contribution < 1.29 is 4.79 Å². The number of rotatable bonds is 3. The first-order valence-electron chi connectivity index (χ1n) is 8.04. The molecule has 0 aliphatic carbocycles. The number of carbonyl (C=O) groups excluding carboxylic acids is 1. The van der Waals surface area contributed by atoms with Crippen molar-refractivity contribution in [2.75, 3.05) is 18.4 Å². The van der Waals surface area contributed by atoms with Crippen molar-refractivity contribution in [1.29, 1.82) is 5.26 Å². The van der Waals surface area contributed by atoms with Gasteiger partial charge in [-0.05, 0) is 43.0 Å². The normalized spacial score (nSPS) is 17.2. The first-order chi connectivity index (χ1) is 11.7. The minimum absolute atomic E-state index is 0.0565. The van der Waals surface area contributed by atoms with Crippen molar-refractivity contribution in [2.45, 2.75) is 19.8 Å². The molecule has 1 atom stereocenters. The van der Waals surface area contributed by atoms with E-state index >= 15 is 0 Å². The van der Waals surface area contributed by atoms with Gasteiger partial charge in [0.1, 0.15) is 11.5 Å². The summed E-state index contributed by atoms with van der Waals surface area (Å²) in [4.78, 5) is 22.8. The quantitative estimate of drug-likeness (QED) is 0.940. The highest BCUT2D eigenvalue weighted by Crippen LogP contribution is 2.18. The minimum atomic E-state index is -0.0565. The van der Waals surface area contributed by atoms with Crippen LogP contribution in [-0.4, -0.2) is 33.9 Å². The number of aromatic nitrogens is 2. The smallest absolute Gasteiger partial charge is 0.274 e. The third kappa shape index (κ3) is 3.69. The Morgan fingerprint density at radius 3 is 2.71 bits per heavy atom. The summed E-state index contributed by atoms with van der Waals surface area (Å²) in [6.45, 7) is 3.73. The Balaban J connectivity index is 1.66. The zero-order valence-corrected chi connectivity index (χ0v) is 13.6. The van der Waals surface area contributed by atoms with Crippen molar-refractivity contribution in [3.8, 4) is 6.07 Å². The number of piperidine rings is 1. The average Bonchev–Trinajstić information content (AvgIpc) is 2.62. The second kappa shape index (κ2) is 7.09. The van der Waals surface area contributed by atoms with Crippen LogP contribution in [0.3, 0.4) is 0 Å².